The fourth-order valence-electron chi connectivity index (χ4n) is 2.44. The van der Waals surface area contributed by atoms with Gasteiger partial charge in [-0.15, -0.1) is 0 Å². The highest BCUT2D eigenvalue weighted by Crippen LogP contribution is 2.22. The lowest BCUT2D eigenvalue weighted by Gasteiger charge is -2.32. The van der Waals surface area contributed by atoms with E-state index in [1.165, 1.54) is 0 Å². The Bertz CT molecular complexity index is 446. The molecule has 0 aromatic carbocycles. The first-order valence-electron chi connectivity index (χ1n) is 6.49. The topological polar surface area (TPSA) is 99.7 Å². The van der Waals surface area contributed by atoms with Gasteiger partial charge in [0.15, 0.2) is 12.1 Å². The summed E-state index contributed by atoms with van der Waals surface area (Å²) in [6, 6.07) is 1.79. The van der Waals surface area contributed by atoms with E-state index in [9.17, 15) is 4.79 Å². The standard InChI is InChI=1S/C12H20N4O4/c1-19-11(20-2)9-6-10(15-14-9)16-5-3-4-8(7-16)13-12(17)18/h6,8,11,13H,3-5,7H2,1-2H3,(H,14,15)(H,17,18)/t8-/m1/s1. The number of piperidine rings is 1. The van der Waals surface area contributed by atoms with Crippen molar-refractivity contribution in [3.05, 3.63) is 11.8 Å². The minimum absolute atomic E-state index is 0.0675. The fraction of sp³-hybridized carbons (Fsp3) is 0.667. The van der Waals surface area contributed by atoms with Crippen molar-refractivity contribution >= 4 is 11.9 Å². The molecule has 1 aliphatic heterocycles. The number of carbonyl (C=O) groups is 1. The Morgan fingerprint density at radius 3 is 3.00 bits per heavy atom. The Morgan fingerprint density at radius 2 is 2.35 bits per heavy atom. The molecule has 2 rings (SSSR count). The summed E-state index contributed by atoms with van der Waals surface area (Å²) in [5, 5.41) is 18.4. The number of carboxylic acid groups (broad SMARTS) is 1. The summed E-state index contributed by atoms with van der Waals surface area (Å²) in [7, 11) is 3.12. The first-order chi connectivity index (χ1) is 9.63. The highest BCUT2D eigenvalue weighted by molar-refractivity contribution is 5.65. The van der Waals surface area contributed by atoms with Crippen LogP contribution >= 0.6 is 0 Å². The maximum atomic E-state index is 10.7. The number of nitrogens with zero attached hydrogens (tertiary/aromatic N) is 2. The molecule has 20 heavy (non-hydrogen) atoms. The number of methoxy groups -OCH3 is 2. The molecule has 112 valence electrons. The van der Waals surface area contributed by atoms with Gasteiger partial charge in [0, 0.05) is 39.4 Å². The highest BCUT2D eigenvalue weighted by atomic mass is 16.7. The van der Waals surface area contributed by atoms with Crippen LogP contribution in [0.5, 0.6) is 0 Å². The van der Waals surface area contributed by atoms with Crippen LogP contribution in [-0.4, -0.2) is 54.7 Å². The van der Waals surface area contributed by atoms with Gasteiger partial charge in [0.25, 0.3) is 0 Å². The van der Waals surface area contributed by atoms with E-state index in [2.05, 4.69) is 15.5 Å². The van der Waals surface area contributed by atoms with E-state index in [1.54, 1.807) is 14.2 Å². The number of hydrogen-bond donors (Lipinski definition) is 3. The van der Waals surface area contributed by atoms with Crippen molar-refractivity contribution in [2.45, 2.75) is 25.2 Å². The molecular weight excluding hydrogens is 264 g/mol. The van der Waals surface area contributed by atoms with Crippen LogP contribution in [0.2, 0.25) is 0 Å². The van der Waals surface area contributed by atoms with Crippen LogP contribution in [0.15, 0.2) is 6.07 Å². The second-order valence-corrected chi connectivity index (χ2v) is 4.72. The molecule has 1 aliphatic rings. The minimum atomic E-state index is -0.988. The number of rotatable bonds is 5. The van der Waals surface area contributed by atoms with Crippen LogP contribution in [0.4, 0.5) is 10.6 Å². The quantitative estimate of drug-likeness (QED) is 0.696. The average molecular weight is 284 g/mol. The number of ether oxygens (including phenoxy) is 2. The van der Waals surface area contributed by atoms with Crippen LogP contribution in [0.25, 0.3) is 0 Å². The lowest BCUT2D eigenvalue weighted by atomic mass is 10.1. The van der Waals surface area contributed by atoms with Crippen molar-refractivity contribution in [3.63, 3.8) is 0 Å². The Labute approximate surface area is 117 Å². The third kappa shape index (κ3) is 3.40. The molecule has 0 unspecified atom stereocenters. The van der Waals surface area contributed by atoms with Crippen LogP contribution in [0, 0.1) is 0 Å². The molecular formula is C12H20N4O4. The van der Waals surface area contributed by atoms with E-state index >= 15 is 0 Å². The summed E-state index contributed by atoms with van der Waals surface area (Å²) in [5.41, 5.74) is 0.735. The van der Waals surface area contributed by atoms with Gasteiger partial charge in [0.05, 0.1) is 5.69 Å². The molecule has 0 aliphatic carbocycles. The van der Waals surface area contributed by atoms with Crippen molar-refractivity contribution in [3.8, 4) is 0 Å². The van der Waals surface area contributed by atoms with Crippen LogP contribution < -0.4 is 10.2 Å². The second-order valence-electron chi connectivity index (χ2n) is 4.72. The number of aromatic amines is 1. The van der Waals surface area contributed by atoms with Gasteiger partial charge in [-0.3, -0.25) is 5.10 Å². The second kappa shape index (κ2) is 6.58. The molecule has 1 amide bonds. The third-order valence-corrected chi connectivity index (χ3v) is 3.34. The summed E-state index contributed by atoms with van der Waals surface area (Å²) < 4.78 is 10.3. The summed E-state index contributed by atoms with van der Waals surface area (Å²) in [6.07, 6.45) is 0.302. The molecule has 1 aromatic heterocycles. The third-order valence-electron chi connectivity index (χ3n) is 3.34. The van der Waals surface area contributed by atoms with Gasteiger partial charge in [0.2, 0.25) is 0 Å². The van der Waals surface area contributed by atoms with Crippen molar-refractivity contribution in [1.82, 2.24) is 15.5 Å². The van der Waals surface area contributed by atoms with E-state index < -0.39 is 12.4 Å². The van der Waals surface area contributed by atoms with Crippen molar-refractivity contribution in [2.24, 2.45) is 0 Å². The first-order valence-corrected chi connectivity index (χ1v) is 6.49. The Kier molecular flexibility index (Phi) is 4.80. The van der Waals surface area contributed by atoms with Crippen molar-refractivity contribution in [2.75, 3.05) is 32.2 Å². The van der Waals surface area contributed by atoms with Crippen LogP contribution in [-0.2, 0) is 9.47 Å². The van der Waals surface area contributed by atoms with E-state index in [4.69, 9.17) is 14.6 Å². The van der Waals surface area contributed by atoms with Gasteiger partial charge in [0.1, 0.15) is 0 Å². The molecule has 8 heteroatoms. The molecule has 2 heterocycles. The molecule has 1 atom stereocenters. The lowest BCUT2D eigenvalue weighted by molar-refractivity contribution is -0.108. The number of anilines is 1. The fourth-order valence-corrected chi connectivity index (χ4v) is 2.44. The number of H-pyrrole nitrogens is 1. The van der Waals surface area contributed by atoms with E-state index in [0.717, 1.165) is 30.9 Å². The molecule has 8 nitrogen and oxygen atoms in total. The molecule has 1 fully saturated rings. The predicted molar refractivity (Wildman–Crippen MR) is 71.7 cm³/mol. The lowest BCUT2D eigenvalue weighted by Crippen LogP contribution is -2.47. The van der Waals surface area contributed by atoms with E-state index in [1.807, 2.05) is 11.0 Å². The monoisotopic (exact) mass is 284 g/mol. The Balaban J connectivity index is 2.02. The van der Waals surface area contributed by atoms with E-state index in [0.29, 0.717) is 6.54 Å². The van der Waals surface area contributed by atoms with Gasteiger partial charge in [-0.1, -0.05) is 0 Å². The Morgan fingerprint density at radius 1 is 1.60 bits per heavy atom. The molecule has 1 saturated heterocycles. The number of nitrogens with one attached hydrogen (secondary N) is 2. The maximum absolute atomic E-state index is 10.7. The summed E-state index contributed by atoms with van der Waals surface area (Å²) in [4.78, 5) is 12.7. The number of amides is 1. The molecule has 0 saturated carbocycles. The van der Waals surface area contributed by atoms with E-state index in [-0.39, 0.29) is 6.04 Å². The molecule has 1 aromatic rings. The molecule has 3 N–H and O–H groups in total. The van der Waals surface area contributed by atoms with Crippen LogP contribution in [0.3, 0.4) is 0 Å². The zero-order chi connectivity index (χ0) is 14.5. The Hall–Kier alpha value is -1.80. The first kappa shape index (κ1) is 14.6. The molecule has 0 spiro atoms. The van der Waals surface area contributed by atoms with Crippen LogP contribution in [0.1, 0.15) is 24.8 Å². The summed E-state index contributed by atoms with van der Waals surface area (Å²) in [5.74, 6) is 0.774. The van der Waals surface area contributed by atoms with Crippen molar-refractivity contribution in [1.29, 1.82) is 0 Å². The molecule has 0 radical (unpaired) electrons. The highest BCUT2D eigenvalue weighted by Gasteiger charge is 2.24. The largest absolute Gasteiger partial charge is 0.465 e. The SMILES string of the molecule is COC(OC)c1cc(N2CCC[C@@H](NC(=O)O)C2)n[nH]1. The van der Waals surface area contributed by atoms with Gasteiger partial charge in [-0.2, -0.15) is 5.10 Å². The summed E-state index contributed by atoms with van der Waals surface area (Å²) >= 11 is 0. The van der Waals surface area contributed by atoms with Gasteiger partial charge in [-0.25, -0.2) is 4.79 Å². The minimum Gasteiger partial charge on any atom is -0.465 e. The zero-order valence-electron chi connectivity index (χ0n) is 11.6. The maximum Gasteiger partial charge on any atom is 0.404 e. The molecule has 0 bridgehead atoms. The number of hydrogen-bond acceptors (Lipinski definition) is 5. The van der Waals surface area contributed by atoms with Gasteiger partial charge < -0.3 is 24.8 Å². The van der Waals surface area contributed by atoms with Gasteiger partial charge in [-0.05, 0) is 12.8 Å². The van der Waals surface area contributed by atoms with Crippen molar-refractivity contribution < 1.29 is 19.4 Å². The normalized spacial score (nSPS) is 19.4. The summed E-state index contributed by atoms with van der Waals surface area (Å²) in [6.45, 7) is 1.47. The number of aromatic nitrogens is 2. The zero-order valence-corrected chi connectivity index (χ0v) is 11.6. The smallest absolute Gasteiger partial charge is 0.404 e. The average Bonchev–Trinajstić information content (AvgIpc) is 2.89. The van der Waals surface area contributed by atoms with Gasteiger partial charge >= 0.3 is 6.09 Å². The predicted octanol–water partition coefficient (Wildman–Crippen LogP) is 0.937.